The van der Waals surface area contributed by atoms with Gasteiger partial charge in [0.25, 0.3) is 0 Å². The number of pyridine rings is 1. The molecule has 13 heavy (non-hydrogen) atoms. The Kier molecular flexibility index (Phi) is 3.53. The molecule has 1 rings (SSSR count). The molecule has 0 aliphatic heterocycles. The average molecular weight is 197 g/mol. The van der Waals surface area contributed by atoms with E-state index in [1.165, 1.54) is 6.20 Å². The SMILES string of the molecule is CCCOc1ccnc(Cl)c1C#N. The summed E-state index contributed by atoms with van der Waals surface area (Å²) in [6.07, 6.45) is 2.42. The summed E-state index contributed by atoms with van der Waals surface area (Å²) in [6.45, 7) is 2.57. The summed E-state index contributed by atoms with van der Waals surface area (Å²) in [6, 6.07) is 3.59. The van der Waals surface area contributed by atoms with E-state index in [0.717, 1.165) is 6.42 Å². The van der Waals surface area contributed by atoms with Gasteiger partial charge in [-0.15, -0.1) is 0 Å². The highest BCUT2D eigenvalue weighted by molar-refractivity contribution is 6.30. The van der Waals surface area contributed by atoms with E-state index in [1.807, 2.05) is 13.0 Å². The Morgan fingerprint density at radius 2 is 2.46 bits per heavy atom. The summed E-state index contributed by atoms with van der Waals surface area (Å²) in [5.74, 6) is 0.504. The molecule has 3 nitrogen and oxygen atoms in total. The molecule has 0 saturated heterocycles. The van der Waals surface area contributed by atoms with Crippen molar-refractivity contribution in [3.8, 4) is 11.8 Å². The summed E-state index contributed by atoms with van der Waals surface area (Å²) in [5, 5.41) is 8.93. The van der Waals surface area contributed by atoms with Crippen molar-refractivity contribution in [1.29, 1.82) is 5.26 Å². The van der Waals surface area contributed by atoms with Crippen LogP contribution in [0.15, 0.2) is 12.3 Å². The van der Waals surface area contributed by atoms with Crippen molar-refractivity contribution in [1.82, 2.24) is 4.98 Å². The van der Waals surface area contributed by atoms with Crippen molar-refractivity contribution in [3.05, 3.63) is 23.0 Å². The Morgan fingerprint density at radius 3 is 3.08 bits per heavy atom. The Bertz CT molecular complexity index is 333. The molecule has 0 radical (unpaired) electrons. The molecular weight excluding hydrogens is 188 g/mol. The second-order valence-electron chi connectivity index (χ2n) is 2.44. The molecule has 68 valence electrons. The summed E-state index contributed by atoms with van der Waals surface area (Å²) < 4.78 is 5.31. The van der Waals surface area contributed by atoms with Crippen LogP contribution in [0.3, 0.4) is 0 Å². The number of aromatic nitrogens is 1. The third-order valence-corrected chi connectivity index (χ3v) is 1.73. The lowest BCUT2D eigenvalue weighted by Gasteiger charge is -2.05. The smallest absolute Gasteiger partial charge is 0.150 e. The van der Waals surface area contributed by atoms with Gasteiger partial charge in [-0.05, 0) is 12.5 Å². The van der Waals surface area contributed by atoms with Gasteiger partial charge in [0.15, 0.2) is 5.15 Å². The lowest BCUT2D eigenvalue weighted by atomic mass is 10.3. The molecule has 0 bridgehead atoms. The van der Waals surface area contributed by atoms with Gasteiger partial charge in [0.05, 0.1) is 6.61 Å². The molecule has 0 amide bonds. The molecule has 1 aromatic rings. The zero-order valence-corrected chi connectivity index (χ0v) is 8.01. The first kappa shape index (κ1) is 9.82. The van der Waals surface area contributed by atoms with Crippen molar-refractivity contribution in [2.75, 3.05) is 6.61 Å². The lowest BCUT2D eigenvalue weighted by Crippen LogP contribution is -1.98. The van der Waals surface area contributed by atoms with E-state index in [4.69, 9.17) is 21.6 Å². The van der Waals surface area contributed by atoms with E-state index in [0.29, 0.717) is 17.9 Å². The lowest BCUT2D eigenvalue weighted by molar-refractivity contribution is 0.316. The maximum Gasteiger partial charge on any atom is 0.150 e. The van der Waals surface area contributed by atoms with Gasteiger partial charge >= 0.3 is 0 Å². The van der Waals surface area contributed by atoms with Gasteiger partial charge in [0.2, 0.25) is 0 Å². The first-order valence-electron chi connectivity index (χ1n) is 3.97. The van der Waals surface area contributed by atoms with Crippen LogP contribution in [0.25, 0.3) is 0 Å². The molecule has 1 heterocycles. The zero-order chi connectivity index (χ0) is 9.68. The van der Waals surface area contributed by atoms with Crippen LogP contribution in [0.2, 0.25) is 5.15 Å². The van der Waals surface area contributed by atoms with Gasteiger partial charge in [-0.25, -0.2) is 4.98 Å². The highest BCUT2D eigenvalue weighted by Gasteiger charge is 2.07. The average Bonchev–Trinajstić information content (AvgIpc) is 2.15. The molecule has 4 heteroatoms. The normalized spacial score (nSPS) is 9.31. The molecule has 0 spiro atoms. The molecule has 0 aliphatic carbocycles. The van der Waals surface area contributed by atoms with E-state index >= 15 is 0 Å². The molecule has 0 saturated carbocycles. The Hall–Kier alpha value is -1.27. The summed E-state index contributed by atoms with van der Waals surface area (Å²) in [4.78, 5) is 3.78. The van der Waals surface area contributed by atoms with Gasteiger partial charge in [0.1, 0.15) is 17.4 Å². The van der Waals surface area contributed by atoms with Crippen LogP contribution in [-0.2, 0) is 0 Å². The quantitative estimate of drug-likeness (QED) is 0.698. The highest BCUT2D eigenvalue weighted by Crippen LogP contribution is 2.22. The van der Waals surface area contributed by atoms with Gasteiger partial charge in [0, 0.05) is 6.20 Å². The molecule has 0 atom stereocenters. The molecule has 0 aromatic carbocycles. The van der Waals surface area contributed by atoms with Crippen molar-refractivity contribution < 1.29 is 4.74 Å². The first-order valence-corrected chi connectivity index (χ1v) is 4.34. The fraction of sp³-hybridized carbons (Fsp3) is 0.333. The van der Waals surface area contributed by atoms with Crippen LogP contribution in [0.5, 0.6) is 5.75 Å². The van der Waals surface area contributed by atoms with Crippen LogP contribution < -0.4 is 4.74 Å². The summed E-state index contributed by atoms with van der Waals surface area (Å²) >= 11 is 5.69. The first-order chi connectivity index (χ1) is 6.29. The fourth-order valence-corrected chi connectivity index (χ4v) is 1.05. The summed E-state index contributed by atoms with van der Waals surface area (Å²) in [7, 11) is 0. The van der Waals surface area contributed by atoms with Crippen molar-refractivity contribution >= 4 is 11.6 Å². The third-order valence-electron chi connectivity index (χ3n) is 1.44. The minimum absolute atomic E-state index is 0.191. The number of ether oxygens (including phenoxy) is 1. The molecule has 0 unspecified atom stereocenters. The molecule has 0 fully saturated rings. The predicted octanol–water partition coefficient (Wildman–Crippen LogP) is 2.40. The predicted molar refractivity (Wildman–Crippen MR) is 49.7 cm³/mol. The number of hydrogen-bond donors (Lipinski definition) is 0. The van der Waals surface area contributed by atoms with Crippen LogP contribution in [0.4, 0.5) is 0 Å². The largest absolute Gasteiger partial charge is 0.492 e. The van der Waals surface area contributed by atoms with Gasteiger partial charge < -0.3 is 4.74 Å². The van der Waals surface area contributed by atoms with E-state index in [2.05, 4.69) is 4.98 Å². The molecule has 0 aliphatic rings. The van der Waals surface area contributed by atoms with Gasteiger partial charge in [-0.3, -0.25) is 0 Å². The topological polar surface area (TPSA) is 45.9 Å². The maximum absolute atomic E-state index is 8.74. The standard InChI is InChI=1S/C9H9ClN2O/c1-2-5-13-8-3-4-12-9(10)7(8)6-11/h3-4H,2,5H2,1H3. The Balaban J connectivity index is 2.93. The second kappa shape index (κ2) is 4.68. The van der Waals surface area contributed by atoms with Crippen molar-refractivity contribution in [2.45, 2.75) is 13.3 Å². The minimum atomic E-state index is 0.191. The van der Waals surface area contributed by atoms with Gasteiger partial charge in [-0.2, -0.15) is 5.26 Å². The van der Waals surface area contributed by atoms with E-state index in [-0.39, 0.29) is 5.15 Å². The fourth-order valence-electron chi connectivity index (χ4n) is 0.853. The van der Waals surface area contributed by atoms with Crippen LogP contribution in [0.1, 0.15) is 18.9 Å². The number of nitriles is 1. The Labute approximate surface area is 81.9 Å². The maximum atomic E-state index is 8.74. The summed E-state index contributed by atoms with van der Waals surface area (Å²) in [5.41, 5.74) is 0.303. The molecule has 0 N–H and O–H groups in total. The zero-order valence-electron chi connectivity index (χ0n) is 7.25. The number of hydrogen-bond acceptors (Lipinski definition) is 3. The van der Waals surface area contributed by atoms with Crippen molar-refractivity contribution in [2.24, 2.45) is 0 Å². The van der Waals surface area contributed by atoms with Gasteiger partial charge in [-0.1, -0.05) is 18.5 Å². The van der Waals surface area contributed by atoms with E-state index < -0.39 is 0 Å². The van der Waals surface area contributed by atoms with Crippen molar-refractivity contribution in [3.63, 3.8) is 0 Å². The monoisotopic (exact) mass is 196 g/mol. The second-order valence-corrected chi connectivity index (χ2v) is 2.79. The highest BCUT2D eigenvalue weighted by atomic mass is 35.5. The van der Waals surface area contributed by atoms with E-state index in [1.54, 1.807) is 6.07 Å². The Morgan fingerprint density at radius 1 is 1.69 bits per heavy atom. The minimum Gasteiger partial charge on any atom is -0.492 e. The number of nitrogens with zero attached hydrogens (tertiary/aromatic N) is 2. The molecular formula is C9H9ClN2O. The third kappa shape index (κ3) is 2.33. The molecule has 1 aromatic heterocycles. The van der Waals surface area contributed by atoms with E-state index in [9.17, 15) is 0 Å². The van der Waals surface area contributed by atoms with Crippen LogP contribution in [0, 0.1) is 11.3 Å². The number of halogens is 1. The number of rotatable bonds is 3. The van der Waals surface area contributed by atoms with Crippen LogP contribution >= 0.6 is 11.6 Å². The van der Waals surface area contributed by atoms with Crippen LogP contribution in [-0.4, -0.2) is 11.6 Å².